The number of nitrogens with zero attached hydrogens (tertiary/aromatic N) is 3. The van der Waals surface area contributed by atoms with Crippen molar-refractivity contribution in [1.29, 1.82) is 0 Å². The second-order valence-corrected chi connectivity index (χ2v) is 5.84. The summed E-state index contributed by atoms with van der Waals surface area (Å²) in [6, 6.07) is 3.62. The van der Waals surface area contributed by atoms with Gasteiger partial charge >= 0.3 is 17.1 Å². The van der Waals surface area contributed by atoms with Gasteiger partial charge in [0.05, 0.1) is 18.8 Å². The third-order valence-corrected chi connectivity index (χ3v) is 3.75. The number of halogens is 2. The van der Waals surface area contributed by atoms with E-state index in [1.807, 2.05) is 0 Å². The molecule has 10 heteroatoms. The molecule has 0 fully saturated rings. The van der Waals surface area contributed by atoms with E-state index in [1.165, 1.54) is 24.3 Å². The quantitative estimate of drug-likeness (QED) is 0.708. The van der Waals surface area contributed by atoms with Crippen molar-refractivity contribution in [1.82, 2.24) is 13.7 Å². The minimum absolute atomic E-state index is 0.144. The Bertz CT molecular complexity index is 1040. The molecule has 0 spiro atoms. The lowest BCUT2D eigenvalue weighted by Crippen LogP contribution is -2.55. The molecule has 2 rings (SSSR count). The van der Waals surface area contributed by atoms with Gasteiger partial charge in [-0.2, -0.15) is 0 Å². The van der Waals surface area contributed by atoms with Crippen LogP contribution in [0.15, 0.2) is 57.9 Å². The normalized spacial score (nSPS) is 10.4. The van der Waals surface area contributed by atoms with Crippen LogP contribution in [-0.4, -0.2) is 19.6 Å². The number of carbonyl (C=O) groups is 1. The number of benzene rings is 1. The molecule has 0 aliphatic carbocycles. The highest BCUT2D eigenvalue weighted by molar-refractivity contribution is 6.30. The second kappa shape index (κ2) is 8.45. The Morgan fingerprint density at radius 2 is 1.56 bits per heavy atom. The van der Waals surface area contributed by atoms with Crippen LogP contribution in [0.25, 0.3) is 0 Å². The maximum Gasteiger partial charge on any atom is 0.337 e. The molecular formula is C17H16ClFN4O4. The highest BCUT2D eigenvalue weighted by Gasteiger charge is 2.17. The van der Waals surface area contributed by atoms with Gasteiger partial charge in [-0.1, -0.05) is 23.8 Å². The van der Waals surface area contributed by atoms with Crippen molar-refractivity contribution in [2.75, 3.05) is 5.32 Å². The first-order chi connectivity index (χ1) is 12.8. The van der Waals surface area contributed by atoms with Crippen molar-refractivity contribution < 1.29 is 9.18 Å². The largest absolute Gasteiger partial charge is 0.337 e. The predicted molar refractivity (Wildman–Crippen MR) is 99.7 cm³/mol. The first-order valence-electron chi connectivity index (χ1n) is 7.71. The van der Waals surface area contributed by atoms with Gasteiger partial charge in [0.2, 0.25) is 5.91 Å². The summed E-state index contributed by atoms with van der Waals surface area (Å²) in [5.74, 6) is -1.60. The molecule has 27 heavy (non-hydrogen) atoms. The summed E-state index contributed by atoms with van der Waals surface area (Å²) in [5.41, 5.74) is -2.96. The van der Waals surface area contributed by atoms with Gasteiger partial charge in [-0.05, 0) is 18.2 Å². The lowest BCUT2D eigenvalue weighted by Gasteiger charge is -2.12. The van der Waals surface area contributed by atoms with Crippen molar-refractivity contribution in [2.24, 2.45) is 0 Å². The maximum atomic E-state index is 13.8. The second-order valence-electron chi connectivity index (χ2n) is 5.40. The average molecular weight is 395 g/mol. The molecule has 0 saturated carbocycles. The minimum Gasteiger partial charge on any atom is -0.322 e. The molecule has 0 aliphatic heterocycles. The fraction of sp³-hybridized carbons (Fsp3) is 0.176. The number of hydrogen-bond donors (Lipinski definition) is 1. The van der Waals surface area contributed by atoms with E-state index in [0.29, 0.717) is 4.57 Å². The molecule has 8 nitrogen and oxygen atoms in total. The van der Waals surface area contributed by atoms with E-state index in [-0.39, 0.29) is 23.8 Å². The lowest BCUT2D eigenvalue weighted by molar-refractivity contribution is -0.116. The zero-order chi connectivity index (χ0) is 20.1. The Hall–Kier alpha value is -3.20. The van der Waals surface area contributed by atoms with Crippen LogP contribution < -0.4 is 22.4 Å². The molecule has 1 N–H and O–H groups in total. The summed E-state index contributed by atoms with van der Waals surface area (Å²) in [5, 5.41) is 2.39. The molecule has 1 aromatic carbocycles. The van der Waals surface area contributed by atoms with Crippen LogP contribution in [-0.2, 0) is 24.4 Å². The summed E-state index contributed by atoms with van der Waals surface area (Å²) in [7, 11) is 0. The Morgan fingerprint density at radius 1 is 1.04 bits per heavy atom. The van der Waals surface area contributed by atoms with Crippen LogP contribution in [0.4, 0.5) is 10.1 Å². The Labute approximate surface area is 157 Å². The van der Waals surface area contributed by atoms with Gasteiger partial charge in [-0.15, -0.1) is 13.2 Å². The van der Waals surface area contributed by atoms with E-state index < -0.39 is 35.3 Å². The zero-order valence-corrected chi connectivity index (χ0v) is 14.9. The molecular weight excluding hydrogens is 379 g/mol. The van der Waals surface area contributed by atoms with Crippen molar-refractivity contribution in [3.63, 3.8) is 0 Å². The molecule has 2 aromatic rings. The van der Waals surface area contributed by atoms with Crippen LogP contribution in [0.5, 0.6) is 0 Å². The highest BCUT2D eigenvalue weighted by atomic mass is 35.5. The van der Waals surface area contributed by atoms with Gasteiger partial charge in [0.25, 0.3) is 0 Å². The third kappa shape index (κ3) is 4.32. The van der Waals surface area contributed by atoms with E-state index in [9.17, 15) is 23.6 Å². The molecule has 0 bridgehead atoms. The van der Waals surface area contributed by atoms with Gasteiger partial charge in [-0.3, -0.25) is 4.79 Å². The molecule has 0 saturated heterocycles. The number of nitrogens with one attached hydrogen (secondary N) is 1. The van der Waals surface area contributed by atoms with Gasteiger partial charge in [0, 0.05) is 5.02 Å². The van der Waals surface area contributed by atoms with E-state index in [4.69, 9.17) is 11.6 Å². The molecule has 1 heterocycles. The molecule has 1 amide bonds. The molecule has 0 atom stereocenters. The van der Waals surface area contributed by atoms with E-state index in [2.05, 4.69) is 18.5 Å². The number of carbonyl (C=O) groups excluding carboxylic acids is 1. The molecule has 142 valence electrons. The van der Waals surface area contributed by atoms with E-state index >= 15 is 0 Å². The number of hydrogen-bond acceptors (Lipinski definition) is 4. The number of amides is 1. The number of allylic oxidation sites excluding steroid dienone is 2. The topological polar surface area (TPSA) is 95.1 Å². The van der Waals surface area contributed by atoms with Gasteiger partial charge in [-0.25, -0.2) is 32.5 Å². The van der Waals surface area contributed by atoms with Crippen molar-refractivity contribution in [3.8, 4) is 0 Å². The van der Waals surface area contributed by atoms with Crippen LogP contribution in [0, 0.1) is 5.82 Å². The molecule has 0 unspecified atom stereocenters. The third-order valence-electron chi connectivity index (χ3n) is 3.52. The lowest BCUT2D eigenvalue weighted by atomic mass is 10.3. The van der Waals surface area contributed by atoms with Crippen LogP contribution in [0.2, 0.25) is 5.02 Å². The first-order valence-corrected chi connectivity index (χ1v) is 8.09. The van der Waals surface area contributed by atoms with Crippen LogP contribution in [0.1, 0.15) is 0 Å². The summed E-state index contributed by atoms with van der Waals surface area (Å²) < 4.78 is 15.9. The van der Waals surface area contributed by atoms with E-state index in [0.717, 1.165) is 15.2 Å². The Balaban J connectivity index is 2.45. The summed E-state index contributed by atoms with van der Waals surface area (Å²) >= 11 is 5.64. The number of aromatic nitrogens is 3. The Kier molecular flexibility index (Phi) is 6.30. The molecule has 0 radical (unpaired) electrons. The van der Waals surface area contributed by atoms with Crippen molar-refractivity contribution in [2.45, 2.75) is 19.6 Å². The smallest absolute Gasteiger partial charge is 0.322 e. The number of anilines is 1. The highest BCUT2D eigenvalue weighted by Crippen LogP contribution is 2.18. The van der Waals surface area contributed by atoms with Crippen LogP contribution >= 0.6 is 11.6 Å². The summed E-state index contributed by atoms with van der Waals surface area (Å²) in [6.45, 7) is 5.89. The van der Waals surface area contributed by atoms with E-state index in [1.54, 1.807) is 0 Å². The minimum atomic E-state index is -0.975. The number of rotatable bonds is 7. The van der Waals surface area contributed by atoms with Crippen molar-refractivity contribution in [3.05, 3.63) is 85.8 Å². The Morgan fingerprint density at radius 3 is 2.04 bits per heavy atom. The molecule has 0 aliphatic rings. The fourth-order valence-corrected chi connectivity index (χ4v) is 2.47. The first kappa shape index (κ1) is 20.1. The standard InChI is InChI=1S/C17H16ClFN4O4/c1-3-7-21-15(25)22(8-4-2)17(27)23(16(21)26)10-14(24)20-13-6-5-11(18)9-12(13)19/h3-6,9H,1-2,7-8,10H2,(H,20,24). The van der Waals surface area contributed by atoms with Crippen molar-refractivity contribution >= 4 is 23.2 Å². The maximum absolute atomic E-state index is 13.8. The zero-order valence-electron chi connectivity index (χ0n) is 14.2. The van der Waals surface area contributed by atoms with Crippen LogP contribution in [0.3, 0.4) is 0 Å². The summed E-state index contributed by atoms with van der Waals surface area (Å²) in [6.07, 6.45) is 2.61. The summed E-state index contributed by atoms with van der Waals surface area (Å²) in [4.78, 5) is 49.3. The SMILES string of the molecule is C=CCn1c(=O)n(CC=C)c(=O)n(CC(=O)Nc2ccc(Cl)cc2F)c1=O. The predicted octanol–water partition coefficient (Wildman–Crippen LogP) is 0.975. The fourth-order valence-electron chi connectivity index (χ4n) is 2.31. The van der Waals surface area contributed by atoms with Gasteiger partial charge in [0.15, 0.2) is 0 Å². The molecule has 1 aromatic heterocycles. The average Bonchev–Trinajstić information content (AvgIpc) is 2.62. The van der Waals surface area contributed by atoms with Gasteiger partial charge < -0.3 is 5.32 Å². The monoisotopic (exact) mass is 394 g/mol. The van der Waals surface area contributed by atoms with Gasteiger partial charge in [0.1, 0.15) is 12.4 Å².